The van der Waals surface area contributed by atoms with Crippen LogP contribution in [-0.2, 0) is 11.3 Å². The summed E-state index contributed by atoms with van der Waals surface area (Å²) in [6, 6.07) is 7.53. The molecule has 16 heavy (non-hydrogen) atoms. The van der Waals surface area contributed by atoms with Gasteiger partial charge in [0.25, 0.3) is 0 Å². The quantitative estimate of drug-likeness (QED) is 0.716. The number of carbonyl (C=O) groups is 1. The lowest BCUT2D eigenvalue weighted by atomic mass is 10.1. The summed E-state index contributed by atoms with van der Waals surface area (Å²) in [7, 11) is 0. The van der Waals surface area contributed by atoms with Crippen molar-refractivity contribution < 1.29 is 9.63 Å². The first-order chi connectivity index (χ1) is 7.71. The molecule has 0 amide bonds. The maximum atomic E-state index is 11.7. The second kappa shape index (κ2) is 6.28. The smallest absolute Gasteiger partial charge is 0.357 e. The number of nitrogens with zero attached hydrogens (tertiary/aromatic N) is 1. The van der Waals surface area contributed by atoms with Gasteiger partial charge in [-0.2, -0.15) is 0 Å². The van der Waals surface area contributed by atoms with Crippen molar-refractivity contribution in [3.8, 4) is 0 Å². The summed E-state index contributed by atoms with van der Waals surface area (Å²) < 4.78 is 0. The van der Waals surface area contributed by atoms with Crippen molar-refractivity contribution in [1.29, 1.82) is 0 Å². The second-order valence-corrected chi connectivity index (χ2v) is 3.54. The van der Waals surface area contributed by atoms with E-state index in [2.05, 4.69) is 6.92 Å². The van der Waals surface area contributed by atoms with Crippen LogP contribution in [0.2, 0.25) is 0 Å². The molecule has 0 N–H and O–H groups in total. The lowest BCUT2D eigenvalue weighted by molar-refractivity contribution is -0.103. The molecule has 0 aliphatic heterocycles. The lowest BCUT2D eigenvalue weighted by Crippen LogP contribution is -2.26. The summed E-state index contributed by atoms with van der Waals surface area (Å²) in [5.41, 5.74) is 1.82. The van der Waals surface area contributed by atoms with Gasteiger partial charge in [0.15, 0.2) is 0 Å². The molecule has 0 unspecified atom stereocenters. The van der Waals surface area contributed by atoms with Gasteiger partial charge < -0.3 is 4.84 Å². The average molecular weight is 221 g/mol. The third kappa shape index (κ3) is 3.35. The molecule has 0 fully saturated rings. The Balaban J connectivity index is 2.65. The lowest BCUT2D eigenvalue weighted by Gasteiger charge is -2.17. The highest BCUT2D eigenvalue weighted by Gasteiger charge is 2.10. The van der Waals surface area contributed by atoms with Crippen molar-refractivity contribution in [2.45, 2.75) is 27.2 Å². The van der Waals surface area contributed by atoms with Crippen molar-refractivity contribution in [2.24, 2.45) is 0 Å². The van der Waals surface area contributed by atoms with Crippen LogP contribution in [-0.4, -0.2) is 24.1 Å². The number of rotatable bonds is 5. The van der Waals surface area contributed by atoms with Gasteiger partial charge in [-0.05, 0) is 38.0 Å². The summed E-state index contributed by atoms with van der Waals surface area (Å²) in [6.45, 7) is 7.40. The zero-order chi connectivity index (χ0) is 12.0. The van der Waals surface area contributed by atoms with Gasteiger partial charge in [0.2, 0.25) is 0 Å². The average Bonchev–Trinajstić information content (AvgIpc) is 2.35. The highest BCUT2D eigenvalue weighted by Crippen LogP contribution is 2.07. The first kappa shape index (κ1) is 12.7. The molecule has 1 aromatic carbocycles. The van der Waals surface area contributed by atoms with E-state index in [4.69, 9.17) is 4.84 Å². The molecular formula is C13H19NO2. The van der Waals surface area contributed by atoms with Gasteiger partial charge in [0, 0.05) is 13.1 Å². The molecule has 0 radical (unpaired) electrons. The molecular weight excluding hydrogens is 202 g/mol. The minimum Gasteiger partial charge on any atom is -0.364 e. The van der Waals surface area contributed by atoms with E-state index < -0.39 is 0 Å². The third-order valence-corrected chi connectivity index (χ3v) is 2.52. The van der Waals surface area contributed by atoms with Gasteiger partial charge in [-0.25, -0.2) is 4.79 Å². The Labute approximate surface area is 97.0 Å². The van der Waals surface area contributed by atoms with E-state index in [1.54, 1.807) is 5.06 Å². The second-order valence-electron chi connectivity index (χ2n) is 3.54. The van der Waals surface area contributed by atoms with Crippen LogP contribution in [0.3, 0.4) is 0 Å². The molecule has 0 saturated carbocycles. The number of carbonyl (C=O) groups excluding carboxylic acids is 1. The summed E-state index contributed by atoms with van der Waals surface area (Å²) in [5, 5.41) is 1.63. The Morgan fingerprint density at radius 1 is 1.12 bits per heavy atom. The molecule has 0 heterocycles. The SMILES string of the molecule is CCc1ccc(C(=O)ON(CC)CC)cc1. The van der Waals surface area contributed by atoms with Crippen LogP contribution in [0.15, 0.2) is 24.3 Å². The molecule has 1 aromatic rings. The van der Waals surface area contributed by atoms with Crippen molar-refractivity contribution >= 4 is 5.97 Å². The molecule has 0 saturated heterocycles. The van der Waals surface area contributed by atoms with E-state index in [0.29, 0.717) is 18.7 Å². The predicted molar refractivity (Wildman–Crippen MR) is 64.2 cm³/mol. The highest BCUT2D eigenvalue weighted by atomic mass is 16.7. The van der Waals surface area contributed by atoms with Crippen LogP contribution in [0.5, 0.6) is 0 Å². The van der Waals surface area contributed by atoms with E-state index in [-0.39, 0.29) is 5.97 Å². The fourth-order valence-corrected chi connectivity index (χ4v) is 1.40. The molecule has 3 heteroatoms. The zero-order valence-electron chi connectivity index (χ0n) is 10.2. The molecule has 0 aromatic heterocycles. The van der Waals surface area contributed by atoms with E-state index in [0.717, 1.165) is 6.42 Å². The van der Waals surface area contributed by atoms with Crippen molar-refractivity contribution in [2.75, 3.05) is 13.1 Å². The van der Waals surface area contributed by atoms with Crippen molar-refractivity contribution in [1.82, 2.24) is 5.06 Å². The Bertz CT molecular complexity index is 328. The number of benzene rings is 1. The summed E-state index contributed by atoms with van der Waals surface area (Å²) in [6.07, 6.45) is 0.978. The van der Waals surface area contributed by atoms with Crippen LogP contribution >= 0.6 is 0 Å². The molecule has 1 rings (SSSR count). The van der Waals surface area contributed by atoms with Gasteiger partial charge in [-0.1, -0.05) is 19.1 Å². The van der Waals surface area contributed by atoms with Gasteiger partial charge in [0.05, 0.1) is 5.56 Å². The standard InChI is InChI=1S/C13H19NO2/c1-4-11-7-9-12(10-8-11)13(15)16-14(5-2)6-3/h7-10H,4-6H2,1-3H3. The number of aryl methyl sites for hydroxylation is 1. The third-order valence-electron chi connectivity index (χ3n) is 2.52. The molecule has 88 valence electrons. The van der Waals surface area contributed by atoms with Crippen LogP contribution in [0.1, 0.15) is 36.7 Å². The maximum absolute atomic E-state index is 11.7. The molecule has 0 aliphatic carbocycles. The number of hydrogen-bond donors (Lipinski definition) is 0. The van der Waals surface area contributed by atoms with Gasteiger partial charge in [-0.15, -0.1) is 5.06 Å². The minimum absolute atomic E-state index is 0.286. The van der Waals surface area contributed by atoms with Crippen LogP contribution in [0.4, 0.5) is 0 Å². The normalized spacial score (nSPS) is 10.5. The molecule has 0 spiro atoms. The van der Waals surface area contributed by atoms with Crippen LogP contribution < -0.4 is 0 Å². The number of hydrogen-bond acceptors (Lipinski definition) is 3. The van der Waals surface area contributed by atoms with E-state index in [1.165, 1.54) is 5.56 Å². The predicted octanol–water partition coefficient (Wildman–Crippen LogP) is 2.66. The summed E-state index contributed by atoms with van der Waals surface area (Å²) >= 11 is 0. The fourth-order valence-electron chi connectivity index (χ4n) is 1.40. The monoisotopic (exact) mass is 221 g/mol. The number of hydroxylamine groups is 2. The largest absolute Gasteiger partial charge is 0.364 e. The van der Waals surface area contributed by atoms with Crippen molar-refractivity contribution in [3.63, 3.8) is 0 Å². The van der Waals surface area contributed by atoms with Crippen LogP contribution in [0.25, 0.3) is 0 Å². The van der Waals surface area contributed by atoms with E-state index >= 15 is 0 Å². The van der Waals surface area contributed by atoms with Gasteiger partial charge in [0.1, 0.15) is 0 Å². The van der Waals surface area contributed by atoms with E-state index in [1.807, 2.05) is 38.1 Å². The van der Waals surface area contributed by atoms with Gasteiger partial charge >= 0.3 is 5.97 Å². The molecule has 3 nitrogen and oxygen atoms in total. The van der Waals surface area contributed by atoms with Gasteiger partial charge in [-0.3, -0.25) is 0 Å². The van der Waals surface area contributed by atoms with E-state index in [9.17, 15) is 4.79 Å². The summed E-state index contributed by atoms with van der Waals surface area (Å²) in [5.74, 6) is -0.286. The van der Waals surface area contributed by atoms with Crippen molar-refractivity contribution in [3.05, 3.63) is 35.4 Å². The Morgan fingerprint density at radius 3 is 2.12 bits per heavy atom. The fraction of sp³-hybridized carbons (Fsp3) is 0.462. The first-order valence-corrected chi connectivity index (χ1v) is 5.77. The highest BCUT2D eigenvalue weighted by molar-refractivity contribution is 5.89. The Hall–Kier alpha value is -1.35. The topological polar surface area (TPSA) is 29.5 Å². The summed E-state index contributed by atoms with van der Waals surface area (Å²) in [4.78, 5) is 16.9. The Morgan fingerprint density at radius 2 is 1.69 bits per heavy atom. The van der Waals surface area contributed by atoms with Crippen LogP contribution in [0, 0.1) is 0 Å². The maximum Gasteiger partial charge on any atom is 0.357 e. The molecule has 0 bridgehead atoms. The molecule has 0 aliphatic rings. The first-order valence-electron chi connectivity index (χ1n) is 5.77. The Kier molecular flexibility index (Phi) is 4.99. The minimum atomic E-state index is -0.286. The molecule has 0 atom stereocenters. The zero-order valence-corrected chi connectivity index (χ0v) is 10.2.